The van der Waals surface area contributed by atoms with Crippen molar-refractivity contribution in [2.24, 2.45) is 0 Å². The number of hydrogen-bond donors (Lipinski definition) is 2. The van der Waals surface area contributed by atoms with Gasteiger partial charge in [-0.2, -0.15) is 13.2 Å². The van der Waals surface area contributed by atoms with Gasteiger partial charge in [-0.3, -0.25) is 0 Å². The summed E-state index contributed by atoms with van der Waals surface area (Å²) in [5.74, 6) is 1.05. The molecule has 0 unspecified atom stereocenters. The second-order valence-electron chi connectivity index (χ2n) is 5.52. The first-order valence-electron chi connectivity index (χ1n) is 7.46. The van der Waals surface area contributed by atoms with Gasteiger partial charge in [0.2, 0.25) is 0 Å². The molecule has 0 amide bonds. The lowest BCUT2D eigenvalue weighted by Crippen LogP contribution is -2.27. The molecule has 0 saturated carbocycles. The molecule has 1 saturated heterocycles. The van der Waals surface area contributed by atoms with E-state index in [4.69, 9.17) is 0 Å². The maximum Gasteiger partial charge on any atom is 0.393 e. The second kappa shape index (κ2) is 6.84. The number of nitrogens with one attached hydrogen (secondary N) is 2. The average molecular weight is 342 g/mol. The molecule has 8 heteroatoms. The van der Waals surface area contributed by atoms with Crippen molar-refractivity contribution in [1.82, 2.24) is 15.3 Å². The molecule has 0 bridgehead atoms. The number of halogens is 3. The van der Waals surface area contributed by atoms with Gasteiger partial charge in [0.15, 0.2) is 5.13 Å². The van der Waals surface area contributed by atoms with Gasteiger partial charge in [-0.25, -0.2) is 9.97 Å². The van der Waals surface area contributed by atoms with E-state index in [0.29, 0.717) is 16.9 Å². The normalized spacial score (nSPS) is 16.5. The molecule has 2 aromatic rings. The smallest absolute Gasteiger partial charge is 0.317 e. The minimum absolute atomic E-state index is 0.189. The third-order valence-electron chi connectivity index (χ3n) is 3.69. The first-order valence-corrected chi connectivity index (χ1v) is 8.27. The summed E-state index contributed by atoms with van der Waals surface area (Å²) in [7, 11) is 0. The van der Waals surface area contributed by atoms with Gasteiger partial charge in [-0.1, -0.05) is 6.07 Å². The monoisotopic (exact) mass is 342 g/mol. The number of piperidine rings is 1. The van der Waals surface area contributed by atoms with Crippen LogP contribution in [0.2, 0.25) is 0 Å². The molecule has 0 aromatic carbocycles. The largest absolute Gasteiger partial charge is 0.393 e. The molecule has 3 rings (SSSR count). The van der Waals surface area contributed by atoms with Gasteiger partial charge >= 0.3 is 6.18 Å². The Bertz CT molecular complexity index is 650. The maximum atomic E-state index is 12.4. The predicted octanol–water partition coefficient (Wildman–Crippen LogP) is 3.85. The zero-order valence-electron chi connectivity index (χ0n) is 12.4. The average Bonchev–Trinajstić information content (AvgIpc) is 2.93. The van der Waals surface area contributed by atoms with Crippen LogP contribution < -0.4 is 10.6 Å². The van der Waals surface area contributed by atoms with Crippen LogP contribution in [0.5, 0.6) is 0 Å². The molecule has 0 radical (unpaired) electrons. The van der Waals surface area contributed by atoms with Crippen LogP contribution in [0.15, 0.2) is 24.4 Å². The Morgan fingerprint density at radius 3 is 2.78 bits per heavy atom. The Morgan fingerprint density at radius 1 is 1.26 bits per heavy atom. The summed E-state index contributed by atoms with van der Waals surface area (Å²) >= 11 is 1.00. The maximum absolute atomic E-state index is 12.4. The summed E-state index contributed by atoms with van der Waals surface area (Å²) in [5, 5.41) is 6.75. The van der Waals surface area contributed by atoms with Crippen molar-refractivity contribution < 1.29 is 13.2 Å². The number of nitrogens with zero attached hydrogens (tertiary/aromatic N) is 2. The van der Waals surface area contributed by atoms with Crippen LogP contribution in [0.3, 0.4) is 0 Å². The quantitative estimate of drug-likeness (QED) is 0.886. The van der Waals surface area contributed by atoms with Crippen LogP contribution in [-0.2, 0) is 6.42 Å². The fraction of sp³-hybridized carbons (Fsp3) is 0.467. The van der Waals surface area contributed by atoms with E-state index in [9.17, 15) is 13.2 Å². The Hall–Kier alpha value is -1.67. The number of thiazole rings is 1. The highest BCUT2D eigenvalue weighted by Crippen LogP contribution is 2.29. The number of hydrogen-bond acceptors (Lipinski definition) is 5. The summed E-state index contributed by atoms with van der Waals surface area (Å²) in [5.41, 5.74) is 1.02. The summed E-state index contributed by atoms with van der Waals surface area (Å²) in [6.45, 7) is 1.97. The van der Waals surface area contributed by atoms with E-state index in [-0.39, 0.29) is 4.88 Å². The van der Waals surface area contributed by atoms with Crippen molar-refractivity contribution in [3.8, 4) is 0 Å². The molecule has 1 fully saturated rings. The third-order valence-corrected chi connectivity index (χ3v) is 4.60. The lowest BCUT2D eigenvalue weighted by molar-refractivity contribution is -0.126. The molecule has 1 aliphatic heterocycles. The highest BCUT2D eigenvalue weighted by atomic mass is 32.1. The number of anilines is 2. The number of pyridine rings is 1. The number of aromatic nitrogens is 2. The van der Waals surface area contributed by atoms with Gasteiger partial charge in [0.05, 0.1) is 6.42 Å². The Morgan fingerprint density at radius 2 is 2.04 bits per heavy atom. The molecule has 0 atom stereocenters. The first kappa shape index (κ1) is 16.2. The molecule has 1 aliphatic rings. The van der Waals surface area contributed by atoms with Crippen molar-refractivity contribution in [2.45, 2.75) is 31.4 Å². The Balaban J connectivity index is 1.68. The molecule has 2 N–H and O–H groups in total. The van der Waals surface area contributed by atoms with Gasteiger partial charge in [-0.15, -0.1) is 11.3 Å². The van der Waals surface area contributed by atoms with Gasteiger partial charge in [0, 0.05) is 22.7 Å². The Kier molecular flexibility index (Phi) is 4.82. The predicted molar refractivity (Wildman–Crippen MR) is 84.2 cm³/mol. The van der Waals surface area contributed by atoms with E-state index in [2.05, 4.69) is 20.6 Å². The Labute approximate surface area is 136 Å². The molecule has 0 aliphatic carbocycles. The molecular formula is C15H17F3N4S. The van der Waals surface area contributed by atoms with Crippen molar-refractivity contribution >= 4 is 22.3 Å². The van der Waals surface area contributed by atoms with Crippen LogP contribution in [0.1, 0.15) is 29.3 Å². The number of rotatable bonds is 4. The summed E-state index contributed by atoms with van der Waals surface area (Å²) in [4.78, 5) is 8.77. The molecular weight excluding hydrogens is 325 g/mol. The minimum atomic E-state index is -4.21. The van der Waals surface area contributed by atoms with Gasteiger partial charge in [-0.05, 0) is 38.1 Å². The van der Waals surface area contributed by atoms with Crippen LogP contribution in [0, 0.1) is 0 Å². The number of alkyl halides is 3. The van der Waals surface area contributed by atoms with Crippen molar-refractivity contribution in [1.29, 1.82) is 0 Å². The summed E-state index contributed by atoms with van der Waals surface area (Å²) in [6.07, 6.45) is -1.81. The molecule has 124 valence electrons. The van der Waals surface area contributed by atoms with E-state index in [1.54, 1.807) is 6.07 Å². The summed E-state index contributed by atoms with van der Waals surface area (Å²) < 4.78 is 37.1. The van der Waals surface area contributed by atoms with Crippen LogP contribution in [0.4, 0.5) is 24.1 Å². The van der Waals surface area contributed by atoms with Gasteiger partial charge < -0.3 is 10.6 Å². The zero-order valence-corrected chi connectivity index (χ0v) is 13.2. The standard InChI is InChI=1S/C15H17F3N4S/c16-15(17,18)8-11-9-20-14(23-11)22-13-3-1-2-12(21-13)10-4-6-19-7-5-10/h1-3,9-10,19H,4-8H2,(H,20,21,22). The van der Waals surface area contributed by atoms with Gasteiger partial charge in [0.1, 0.15) is 5.82 Å². The highest BCUT2D eigenvalue weighted by Gasteiger charge is 2.28. The van der Waals surface area contributed by atoms with E-state index < -0.39 is 12.6 Å². The van der Waals surface area contributed by atoms with Crippen LogP contribution in [0.25, 0.3) is 0 Å². The molecule has 3 heterocycles. The molecule has 23 heavy (non-hydrogen) atoms. The minimum Gasteiger partial charge on any atom is -0.317 e. The second-order valence-corrected chi connectivity index (χ2v) is 6.64. The third kappa shape index (κ3) is 4.65. The lowest BCUT2D eigenvalue weighted by Gasteiger charge is -2.22. The van der Waals surface area contributed by atoms with Gasteiger partial charge in [0.25, 0.3) is 0 Å². The topological polar surface area (TPSA) is 49.8 Å². The van der Waals surface area contributed by atoms with Crippen molar-refractivity contribution in [3.05, 3.63) is 35.0 Å². The molecule has 4 nitrogen and oxygen atoms in total. The van der Waals surface area contributed by atoms with E-state index in [0.717, 1.165) is 43.0 Å². The van der Waals surface area contributed by atoms with Crippen molar-refractivity contribution in [3.63, 3.8) is 0 Å². The SMILES string of the molecule is FC(F)(F)Cc1cnc(Nc2cccc(C3CCNCC3)n2)s1. The first-order chi connectivity index (χ1) is 11.0. The van der Waals surface area contributed by atoms with Crippen LogP contribution in [-0.4, -0.2) is 29.2 Å². The van der Waals surface area contributed by atoms with E-state index in [1.165, 1.54) is 6.20 Å². The fourth-order valence-electron chi connectivity index (χ4n) is 2.62. The molecule has 2 aromatic heterocycles. The zero-order chi connectivity index (χ0) is 16.3. The van der Waals surface area contributed by atoms with Crippen molar-refractivity contribution in [2.75, 3.05) is 18.4 Å². The summed E-state index contributed by atoms with van der Waals surface area (Å²) in [6, 6.07) is 5.71. The molecule has 0 spiro atoms. The lowest BCUT2D eigenvalue weighted by atomic mass is 9.94. The fourth-order valence-corrected chi connectivity index (χ4v) is 3.47. The van der Waals surface area contributed by atoms with E-state index in [1.807, 2.05) is 12.1 Å². The van der Waals surface area contributed by atoms with E-state index >= 15 is 0 Å². The highest BCUT2D eigenvalue weighted by molar-refractivity contribution is 7.15. The van der Waals surface area contributed by atoms with Crippen LogP contribution >= 0.6 is 11.3 Å².